The SMILES string of the molecule is CCOc1ccc(C(N)CN2C(=O)CNC2=O)cc1. The van der Waals surface area contributed by atoms with Gasteiger partial charge in [0.15, 0.2) is 0 Å². The lowest BCUT2D eigenvalue weighted by atomic mass is 10.1. The van der Waals surface area contributed by atoms with Crippen LogP contribution >= 0.6 is 0 Å². The Morgan fingerprint density at radius 1 is 1.37 bits per heavy atom. The van der Waals surface area contributed by atoms with E-state index in [1.54, 1.807) is 0 Å². The van der Waals surface area contributed by atoms with Crippen molar-refractivity contribution in [2.75, 3.05) is 19.7 Å². The summed E-state index contributed by atoms with van der Waals surface area (Å²) in [7, 11) is 0. The molecule has 1 aromatic rings. The summed E-state index contributed by atoms with van der Waals surface area (Å²) in [5.41, 5.74) is 6.87. The zero-order valence-corrected chi connectivity index (χ0v) is 10.8. The molecule has 1 saturated heterocycles. The van der Waals surface area contributed by atoms with Gasteiger partial charge in [-0.2, -0.15) is 0 Å². The molecule has 1 aromatic carbocycles. The van der Waals surface area contributed by atoms with E-state index in [9.17, 15) is 9.59 Å². The molecule has 0 radical (unpaired) electrons. The topological polar surface area (TPSA) is 84.7 Å². The van der Waals surface area contributed by atoms with E-state index in [4.69, 9.17) is 10.5 Å². The summed E-state index contributed by atoms with van der Waals surface area (Å²) in [4.78, 5) is 24.0. The van der Waals surface area contributed by atoms with Crippen molar-refractivity contribution in [3.05, 3.63) is 29.8 Å². The molecule has 6 nitrogen and oxygen atoms in total. The van der Waals surface area contributed by atoms with E-state index in [1.807, 2.05) is 31.2 Å². The molecule has 0 saturated carbocycles. The van der Waals surface area contributed by atoms with Gasteiger partial charge in [0, 0.05) is 12.6 Å². The van der Waals surface area contributed by atoms with Crippen LogP contribution < -0.4 is 15.8 Å². The Morgan fingerprint density at radius 2 is 2.05 bits per heavy atom. The Hall–Kier alpha value is -2.08. The van der Waals surface area contributed by atoms with Crippen LogP contribution in [0.25, 0.3) is 0 Å². The molecule has 1 unspecified atom stereocenters. The molecule has 3 N–H and O–H groups in total. The fourth-order valence-electron chi connectivity index (χ4n) is 1.92. The van der Waals surface area contributed by atoms with Crippen molar-refractivity contribution in [2.24, 2.45) is 5.73 Å². The van der Waals surface area contributed by atoms with Gasteiger partial charge in [-0.15, -0.1) is 0 Å². The maximum atomic E-state index is 11.5. The van der Waals surface area contributed by atoms with Gasteiger partial charge in [0.05, 0.1) is 13.2 Å². The number of benzene rings is 1. The first-order valence-corrected chi connectivity index (χ1v) is 6.18. The van der Waals surface area contributed by atoms with Gasteiger partial charge in [-0.3, -0.25) is 9.69 Å². The maximum absolute atomic E-state index is 11.5. The predicted molar refractivity (Wildman–Crippen MR) is 69.7 cm³/mol. The molecule has 1 aliphatic rings. The predicted octanol–water partition coefficient (Wildman–Crippen LogP) is 0.637. The van der Waals surface area contributed by atoms with Gasteiger partial charge in [0.1, 0.15) is 5.75 Å². The number of rotatable bonds is 5. The van der Waals surface area contributed by atoms with E-state index in [0.29, 0.717) is 6.61 Å². The molecule has 2 rings (SSSR count). The number of carbonyl (C=O) groups is 2. The van der Waals surface area contributed by atoms with Gasteiger partial charge < -0.3 is 15.8 Å². The second-order valence-electron chi connectivity index (χ2n) is 4.27. The van der Waals surface area contributed by atoms with Crippen LogP contribution in [0.2, 0.25) is 0 Å². The maximum Gasteiger partial charge on any atom is 0.324 e. The molecule has 19 heavy (non-hydrogen) atoms. The Kier molecular flexibility index (Phi) is 4.01. The van der Waals surface area contributed by atoms with Crippen molar-refractivity contribution >= 4 is 11.9 Å². The number of ether oxygens (including phenoxy) is 1. The Bertz CT molecular complexity index is 457. The zero-order valence-electron chi connectivity index (χ0n) is 10.8. The summed E-state index contributed by atoms with van der Waals surface area (Å²) in [5.74, 6) is 0.528. The number of hydrogen-bond donors (Lipinski definition) is 2. The van der Waals surface area contributed by atoms with Crippen molar-refractivity contribution in [1.29, 1.82) is 0 Å². The highest BCUT2D eigenvalue weighted by Gasteiger charge is 2.29. The number of amides is 3. The zero-order chi connectivity index (χ0) is 13.8. The summed E-state index contributed by atoms with van der Waals surface area (Å²) >= 11 is 0. The van der Waals surface area contributed by atoms with Crippen LogP contribution in [0.4, 0.5) is 4.79 Å². The minimum absolute atomic E-state index is 0.0504. The number of nitrogens with two attached hydrogens (primary N) is 1. The molecule has 0 aromatic heterocycles. The number of urea groups is 1. The van der Waals surface area contributed by atoms with Crippen LogP contribution in [0.1, 0.15) is 18.5 Å². The largest absolute Gasteiger partial charge is 0.494 e. The van der Waals surface area contributed by atoms with E-state index in [1.165, 1.54) is 0 Å². The summed E-state index contributed by atoms with van der Waals surface area (Å²) in [6.07, 6.45) is 0. The third-order valence-electron chi connectivity index (χ3n) is 2.94. The summed E-state index contributed by atoms with van der Waals surface area (Å²) < 4.78 is 5.34. The van der Waals surface area contributed by atoms with Gasteiger partial charge in [0.2, 0.25) is 5.91 Å². The molecule has 1 heterocycles. The molecule has 0 spiro atoms. The third kappa shape index (κ3) is 3.03. The van der Waals surface area contributed by atoms with Crippen molar-refractivity contribution < 1.29 is 14.3 Å². The van der Waals surface area contributed by atoms with E-state index in [0.717, 1.165) is 16.2 Å². The second-order valence-corrected chi connectivity index (χ2v) is 4.27. The fraction of sp³-hybridized carbons (Fsp3) is 0.385. The quantitative estimate of drug-likeness (QED) is 0.763. The number of nitrogens with zero attached hydrogens (tertiary/aromatic N) is 1. The molecular formula is C13H17N3O3. The number of hydrogen-bond acceptors (Lipinski definition) is 4. The third-order valence-corrected chi connectivity index (χ3v) is 2.94. The highest BCUT2D eigenvalue weighted by Crippen LogP contribution is 2.18. The van der Waals surface area contributed by atoms with Gasteiger partial charge in [-0.25, -0.2) is 4.79 Å². The first-order chi connectivity index (χ1) is 9.11. The van der Waals surface area contributed by atoms with Crippen LogP contribution in [-0.2, 0) is 4.79 Å². The average molecular weight is 263 g/mol. The number of carbonyl (C=O) groups excluding carboxylic acids is 2. The van der Waals surface area contributed by atoms with E-state index >= 15 is 0 Å². The van der Waals surface area contributed by atoms with E-state index in [-0.39, 0.29) is 25.0 Å². The van der Waals surface area contributed by atoms with Crippen LogP contribution in [0.15, 0.2) is 24.3 Å². The van der Waals surface area contributed by atoms with Crippen LogP contribution in [0, 0.1) is 0 Å². The summed E-state index contributed by atoms with van der Waals surface area (Å²) in [6.45, 7) is 2.75. The molecule has 0 aliphatic carbocycles. The van der Waals surface area contributed by atoms with Gasteiger partial charge >= 0.3 is 6.03 Å². The van der Waals surface area contributed by atoms with E-state index < -0.39 is 6.04 Å². The van der Waals surface area contributed by atoms with Crippen LogP contribution in [0.5, 0.6) is 5.75 Å². The van der Waals surface area contributed by atoms with Gasteiger partial charge in [-0.1, -0.05) is 12.1 Å². The molecule has 1 fully saturated rings. The van der Waals surface area contributed by atoms with Crippen molar-refractivity contribution in [2.45, 2.75) is 13.0 Å². The molecule has 0 bridgehead atoms. The Balaban J connectivity index is 2.01. The summed E-state index contributed by atoms with van der Waals surface area (Å²) in [5, 5.41) is 2.46. The highest BCUT2D eigenvalue weighted by atomic mass is 16.5. The van der Waals surface area contributed by atoms with Crippen molar-refractivity contribution in [3.63, 3.8) is 0 Å². The molecule has 1 atom stereocenters. The van der Waals surface area contributed by atoms with Gasteiger partial charge in [-0.05, 0) is 24.6 Å². The Morgan fingerprint density at radius 3 is 2.58 bits per heavy atom. The molecule has 1 aliphatic heterocycles. The van der Waals surface area contributed by atoms with Crippen molar-refractivity contribution in [3.8, 4) is 5.75 Å². The molecule has 102 valence electrons. The number of nitrogens with one attached hydrogen (secondary N) is 1. The minimum atomic E-state index is -0.400. The average Bonchev–Trinajstić information content (AvgIpc) is 2.72. The lowest BCUT2D eigenvalue weighted by molar-refractivity contribution is -0.125. The molecular weight excluding hydrogens is 246 g/mol. The molecule has 6 heteroatoms. The van der Waals surface area contributed by atoms with E-state index in [2.05, 4.69) is 5.32 Å². The lowest BCUT2D eigenvalue weighted by Crippen LogP contribution is -2.37. The normalized spacial score (nSPS) is 16.4. The smallest absolute Gasteiger partial charge is 0.324 e. The Labute approximate surface area is 111 Å². The van der Waals surface area contributed by atoms with Crippen LogP contribution in [0.3, 0.4) is 0 Å². The first kappa shape index (κ1) is 13.4. The monoisotopic (exact) mass is 263 g/mol. The number of imide groups is 1. The second kappa shape index (κ2) is 5.71. The minimum Gasteiger partial charge on any atom is -0.494 e. The standard InChI is InChI=1S/C13H17N3O3/c1-2-19-10-5-3-9(4-6-10)11(14)8-16-12(17)7-15-13(16)18/h3-6,11H,2,7-8,14H2,1H3,(H,15,18). The lowest BCUT2D eigenvalue weighted by Gasteiger charge is -2.18. The molecule has 3 amide bonds. The highest BCUT2D eigenvalue weighted by molar-refractivity contribution is 6.01. The fourth-order valence-corrected chi connectivity index (χ4v) is 1.92. The van der Waals surface area contributed by atoms with Gasteiger partial charge in [0.25, 0.3) is 0 Å². The van der Waals surface area contributed by atoms with Crippen LogP contribution in [-0.4, -0.2) is 36.5 Å². The van der Waals surface area contributed by atoms with Crippen molar-refractivity contribution in [1.82, 2.24) is 10.2 Å². The summed E-state index contributed by atoms with van der Waals surface area (Å²) in [6, 6.07) is 6.55. The first-order valence-electron chi connectivity index (χ1n) is 6.18.